The Kier molecular flexibility index (Phi) is 15.5. The first-order chi connectivity index (χ1) is 20.1. The van der Waals surface area contributed by atoms with E-state index in [1.165, 1.54) is 0 Å². The molecule has 2 rings (SSSR count). The molecule has 1 aliphatic rings. The van der Waals surface area contributed by atoms with Crippen LogP contribution in [0, 0.1) is 11.8 Å². The van der Waals surface area contributed by atoms with Gasteiger partial charge in [-0.2, -0.15) is 0 Å². The highest BCUT2D eigenvalue weighted by molar-refractivity contribution is 6.74. The van der Waals surface area contributed by atoms with Gasteiger partial charge in [-0.3, -0.25) is 0 Å². The highest BCUT2D eigenvalue weighted by Crippen LogP contribution is 2.47. The maximum absolute atomic E-state index is 11.8. The Labute approximate surface area is 271 Å². The van der Waals surface area contributed by atoms with Gasteiger partial charge in [0.2, 0.25) is 0 Å². The predicted molar refractivity (Wildman–Crippen MR) is 187 cm³/mol. The lowest BCUT2D eigenvalue weighted by Crippen LogP contribution is -2.58. The standard InChI is InChI=1S/C31H58O6Si2.C4H8O/c1-22(19-34-20-24-15-17-25(33-10)18-16-24)27(32)31(9)28(37-39(13,14)30(6,7)8)26(23(2)36-31)21-35-38(11,12)29(3,4)5;1-2-3-4-5/h15-18,22-23,26-28,32H,19-21H2,1-14H3;2,5H,1,3-4H2/t22-,23+,26-,27+,28-,31+;/m0./s1. The minimum atomic E-state index is -2.18. The van der Waals surface area contributed by atoms with Crippen molar-refractivity contribution in [3.63, 3.8) is 0 Å². The summed E-state index contributed by atoms with van der Waals surface area (Å²) in [6.07, 6.45) is 1.25. The van der Waals surface area contributed by atoms with E-state index in [0.29, 0.717) is 26.2 Å². The first-order valence-electron chi connectivity index (χ1n) is 16.2. The second-order valence-corrected chi connectivity index (χ2v) is 25.2. The lowest BCUT2D eigenvalue weighted by atomic mass is 9.82. The summed E-state index contributed by atoms with van der Waals surface area (Å²) in [4.78, 5) is 0. The molecule has 44 heavy (non-hydrogen) atoms. The average molecular weight is 655 g/mol. The number of ether oxygens (including phenoxy) is 3. The molecule has 0 aliphatic carbocycles. The molecule has 256 valence electrons. The van der Waals surface area contributed by atoms with E-state index >= 15 is 0 Å². The van der Waals surface area contributed by atoms with Crippen LogP contribution in [0.5, 0.6) is 5.75 Å². The molecular weight excluding hydrogens is 589 g/mol. The topological polar surface area (TPSA) is 86.6 Å². The Morgan fingerprint density at radius 1 is 1.02 bits per heavy atom. The van der Waals surface area contributed by atoms with E-state index in [1.807, 2.05) is 38.1 Å². The first kappa shape index (κ1) is 41.0. The zero-order chi connectivity index (χ0) is 34.1. The van der Waals surface area contributed by atoms with Gasteiger partial charge in [-0.15, -0.1) is 6.58 Å². The molecule has 1 heterocycles. The van der Waals surface area contributed by atoms with Crippen LogP contribution in [0.1, 0.15) is 74.3 Å². The fourth-order valence-electron chi connectivity index (χ4n) is 4.74. The molecule has 1 fully saturated rings. The summed E-state index contributed by atoms with van der Waals surface area (Å²) < 4.78 is 31.8. The van der Waals surface area contributed by atoms with Crippen LogP contribution in [0.3, 0.4) is 0 Å². The van der Waals surface area contributed by atoms with E-state index < -0.39 is 28.3 Å². The maximum atomic E-state index is 11.8. The number of rotatable bonds is 14. The number of methoxy groups -OCH3 is 1. The third-order valence-electron chi connectivity index (χ3n) is 9.94. The van der Waals surface area contributed by atoms with Gasteiger partial charge < -0.3 is 33.3 Å². The van der Waals surface area contributed by atoms with Crippen LogP contribution in [0.2, 0.25) is 36.3 Å². The summed E-state index contributed by atoms with van der Waals surface area (Å²) in [7, 11) is -2.48. The number of aliphatic hydroxyl groups is 2. The van der Waals surface area contributed by atoms with Crippen molar-refractivity contribution in [1.82, 2.24) is 0 Å². The molecule has 1 aromatic carbocycles. The van der Waals surface area contributed by atoms with E-state index in [-0.39, 0.29) is 40.7 Å². The van der Waals surface area contributed by atoms with Crippen molar-refractivity contribution >= 4 is 16.6 Å². The summed E-state index contributed by atoms with van der Waals surface area (Å²) in [5.74, 6) is 0.703. The van der Waals surface area contributed by atoms with Crippen molar-refractivity contribution in [3.05, 3.63) is 42.5 Å². The van der Waals surface area contributed by atoms with Gasteiger partial charge in [-0.25, -0.2) is 0 Å². The van der Waals surface area contributed by atoms with Gasteiger partial charge in [0.05, 0.1) is 38.6 Å². The van der Waals surface area contributed by atoms with E-state index in [1.54, 1.807) is 13.2 Å². The van der Waals surface area contributed by atoms with Gasteiger partial charge in [0.25, 0.3) is 0 Å². The van der Waals surface area contributed by atoms with Crippen molar-refractivity contribution in [2.24, 2.45) is 11.8 Å². The molecule has 0 aromatic heterocycles. The summed E-state index contributed by atoms with van der Waals surface area (Å²) in [6.45, 7) is 33.9. The quantitative estimate of drug-likeness (QED) is 0.155. The fourth-order valence-corrected chi connectivity index (χ4v) is 7.18. The molecule has 6 atom stereocenters. The number of hydrogen-bond acceptors (Lipinski definition) is 7. The Morgan fingerprint density at radius 3 is 2.00 bits per heavy atom. The van der Waals surface area contributed by atoms with E-state index in [9.17, 15) is 5.11 Å². The largest absolute Gasteiger partial charge is 0.497 e. The van der Waals surface area contributed by atoms with Crippen molar-refractivity contribution in [2.45, 2.75) is 136 Å². The highest BCUT2D eigenvalue weighted by Gasteiger charge is 2.59. The zero-order valence-corrected chi connectivity index (χ0v) is 32.5. The Balaban J connectivity index is 0.00000178. The Morgan fingerprint density at radius 2 is 1.57 bits per heavy atom. The van der Waals surface area contributed by atoms with Crippen LogP contribution in [0.15, 0.2) is 36.9 Å². The molecule has 7 nitrogen and oxygen atoms in total. The molecule has 0 radical (unpaired) electrons. The Bertz CT molecular complexity index is 984. The molecule has 1 aromatic rings. The van der Waals surface area contributed by atoms with Gasteiger partial charge in [-0.05, 0) is 74.2 Å². The average Bonchev–Trinajstić information content (AvgIpc) is 3.15. The first-order valence-corrected chi connectivity index (χ1v) is 22.0. The number of aliphatic hydroxyl groups excluding tert-OH is 2. The second kappa shape index (κ2) is 16.7. The van der Waals surface area contributed by atoms with Gasteiger partial charge >= 0.3 is 0 Å². The summed E-state index contributed by atoms with van der Waals surface area (Å²) >= 11 is 0. The Hall–Kier alpha value is -1.05. The normalized spacial score (nSPS) is 24.3. The van der Waals surface area contributed by atoms with Crippen LogP contribution in [-0.4, -0.2) is 77.7 Å². The molecule has 9 heteroatoms. The van der Waals surface area contributed by atoms with Crippen molar-refractivity contribution in [3.8, 4) is 5.75 Å². The number of benzene rings is 1. The lowest BCUT2D eigenvalue weighted by Gasteiger charge is -2.46. The molecule has 0 bridgehead atoms. The molecule has 2 N–H and O–H groups in total. The third-order valence-corrected chi connectivity index (χ3v) is 18.9. The molecule has 0 unspecified atom stereocenters. The van der Waals surface area contributed by atoms with Gasteiger partial charge in [0.1, 0.15) is 11.4 Å². The minimum Gasteiger partial charge on any atom is -0.497 e. The van der Waals surface area contributed by atoms with Gasteiger partial charge in [0.15, 0.2) is 16.6 Å². The van der Waals surface area contributed by atoms with E-state index in [2.05, 4.69) is 81.2 Å². The SMILES string of the molecule is C=CCCO.COc1ccc(COC[C@H](C)[C@@H](O)[C@@]2(C)O[C@H](C)[C@H](CO[Si](C)(C)C(C)(C)C)[C@@H]2O[Si](C)(C)C(C)(C)C)cc1. The summed E-state index contributed by atoms with van der Waals surface area (Å²) in [6, 6.07) is 7.86. The van der Waals surface area contributed by atoms with Crippen LogP contribution in [-0.2, 0) is 24.9 Å². The monoisotopic (exact) mass is 654 g/mol. The molecule has 0 saturated carbocycles. The summed E-state index contributed by atoms with van der Waals surface area (Å²) in [5, 5.41) is 19.9. The molecule has 0 amide bonds. The maximum Gasteiger partial charge on any atom is 0.192 e. The molecule has 0 spiro atoms. The van der Waals surface area contributed by atoms with Gasteiger partial charge in [0, 0.05) is 25.0 Å². The van der Waals surface area contributed by atoms with Crippen molar-refractivity contribution < 1.29 is 33.3 Å². The lowest BCUT2D eigenvalue weighted by molar-refractivity contribution is -0.155. The van der Waals surface area contributed by atoms with E-state index in [0.717, 1.165) is 11.3 Å². The smallest absolute Gasteiger partial charge is 0.192 e. The molecular formula is C35H66O7Si2. The zero-order valence-electron chi connectivity index (χ0n) is 30.5. The van der Waals surface area contributed by atoms with Gasteiger partial charge in [-0.1, -0.05) is 66.7 Å². The second-order valence-electron chi connectivity index (χ2n) is 15.6. The number of hydrogen-bond donors (Lipinski definition) is 2. The van der Waals surface area contributed by atoms with Crippen LogP contribution in [0.4, 0.5) is 0 Å². The van der Waals surface area contributed by atoms with Crippen LogP contribution >= 0.6 is 0 Å². The molecule has 1 saturated heterocycles. The van der Waals surface area contributed by atoms with Crippen molar-refractivity contribution in [2.75, 3.05) is 26.9 Å². The van der Waals surface area contributed by atoms with E-state index in [4.69, 9.17) is 28.2 Å². The van der Waals surface area contributed by atoms with Crippen LogP contribution < -0.4 is 4.74 Å². The molecule has 1 aliphatic heterocycles. The predicted octanol–water partition coefficient (Wildman–Crippen LogP) is 7.97. The fraction of sp³-hybridized carbons (Fsp3) is 0.771. The minimum absolute atomic E-state index is 0.0281. The van der Waals surface area contributed by atoms with Crippen LogP contribution in [0.25, 0.3) is 0 Å². The highest BCUT2D eigenvalue weighted by atomic mass is 28.4. The van der Waals surface area contributed by atoms with Crippen molar-refractivity contribution in [1.29, 1.82) is 0 Å². The summed E-state index contributed by atoms with van der Waals surface area (Å²) in [5.41, 5.74) is 0.190. The third kappa shape index (κ3) is 11.0.